The molecule has 4 N–H and O–H groups in total. The van der Waals surface area contributed by atoms with Crippen LogP contribution in [0, 0.1) is 18.3 Å². The summed E-state index contributed by atoms with van der Waals surface area (Å²) in [5.74, 6) is -2.52. The fourth-order valence-electron chi connectivity index (χ4n) is 3.19. The fraction of sp³-hybridized carbons (Fsp3) is 0.571. The van der Waals surface area contributed by atoms with E-state index in [0.29, 0.717) is 17.9 Å². The summed E-state index contributed by atoms with van der Waals surface area (Å²) in [6, 6.07) is 7.03. The van der Waals surface area contributed by atoms with Gasteiger partial charge in [0.25, 0.3) is 0 Å². The van der Waals surface area contributed by atoms with Gasteiger partial charge in [0.1, 0.15) is 6.04 Å². The molecule has 1 aromatic carbocycles. The first-order valence-corrected chi connectivity index (χ1v) is 9.54. The molecule has 0 saturated heterocycles. The smallest absolute Gasteiger partial charge is 0.250 e. The van der Waals surface area contributed by atoms with Crippen LogP contribution in [0.5, 0.6) is 0 Å². The molecule has 0 aliphatic heterocycles. The maximum atomic E-state index is 12.9. The molecule has 0 saturated carbocycles. The van der Waals surface area contributed by atoms with Crippen LogP contribution in [0.25, 0.3) is 0 Å². The number of rotatable bonds is 9. The quantitative estimate of drug-likeness (QED) is 0.442. The third-order valence-corrected chi connectivity index (χ3v) is 4.72. The number of benzene rings is 1. The van der Waals surface area contributed by atoms with Crippen molar-refractivity contribution in [2.75, 3.05) is 7.05 Å². The lowest BCUT2D eigenvalue weighted by Gasteiger charge is -2.36. The Morgan fingerprint density at radius 3 is 2.21 bits per heavy atom. The van der Waals surface area contributed by atoms with E-state index in [-0.39, 0.29) is 6.42 Å². The molecule has 3 amide bonds. The Morgan fingerprint density at radius 2 is 1.75 bits per heavy atom. The summed E-state index contributed by atoms with van der Waals surface area (Å²) in [7, 11) is 1.45. The molecule has 0 unspecified atom stereocenters. The van der Waals surface area contributed by atoms with Crippen LogP contribution in [0.4, 0.5) is 0 Å². The number of nitrogens with zero attached hydrogens (tertiary/aromatic N) is 1. The van der Waals surface area contributed by atoms with Crippen molar-refractivity contribution in [2.24, 2.45) is 17.1 Å². The van der Waals surface area contributed by atoms with Gasteiger partial charge in [-0.2, -0.15) is 0 Å². The molecule has 0 radical (unpaired) electrons. The molecule has 7 nitrogen and oxygen atoms in total. The van der Waals surface area contributed by atoms with Crippen LogP contribution < -0.4 is 11.1 Å². The van der Waals surface area contributed by atoms with Crippen LogP contribution in [0.15, 0.2) is 24.3 Å². The Labute approximate surface area is 167 Å². The zero-order valence-corrected chi connectivity index (χ0v) is 17.5. The Bertz CT molecular complexity index is 680. The molecule has 2 atom stereocenters. The summed E-state index contributed by atoms with van der Waals surface area (Å²) in [4.78, 5) is 36.5. The lowest BCUT2D eigenvalue weighted by atomic mass is 9.85. The van der Waals surface area contributed by atoms with E-state index in [1.165, 1.54) is 12.6 Å². The van der Waals surface area contributed by atoms with Gasteiger partial charge in [-0.3, -0.25) is 19.6 Å². The highest BCUT2D eigenvalue weighted by Gasteiger charge is 2.40. The second kappa shape index (κ2) is 10.2. The molecule has 28 heavy (non-hydrogen) atoms. The second-order valence-electron chi connectivity index (χ2n) is 8.31. The lowest BCUT2D eigenvalue weighted by Crippen LogP contribution is -2.55. The van der Waals surface area contributed by atoms with Crippen LogP contribution in [0.2, 0.25) is 0 Å². The van der Waals surface area contributed by atoms with E-state index in [4.69, 9.17) is 5.73 Å². The van der Waals surface area contributed by atoms with Gasteiger partial charge in [-0.1, -0.05) is 50.6 Å². The summed E-state index contributed by atoms with van der Waals surface area (Å²) in [5, 5.41) is 13.5. The molecule has 0 heterocycles. The number of amides is 3. The Kier molecular flexibility index (Phi) is 8.63. The van der Waals surface area contributed by atoms with E-state index < -0.39 is 35.1 Å². The van der Waals surface area contributed by atoms with Gasteiger partial charge in [0.15, 0.2) is 0 Å². The third kappa shape index (κ3) is 6.96. The highest BCUT2D eigenvalue weighted by atomic mass is 16.5. The zero-order chi connectivity index (χ0) is 21.5. The maximum absolute atomic E-state index is 12.9. The predicted molar refractivity (Wildman–Crippen MR) is 107 cm³/mol. The number of hydroxylamine groups is 2. The largest absolute Gasteiger partial charge is 0.370 e. The summed E-state index contributed by atoms with van der Waals surface area (Å²) in [5.41, 5.74) is 6.92. The highest BCUT2D eigenvalue weighted by molar-refractivity contribution is 5.90. The predicted octanol–water partition coefficient (Wildman–Crippen LogP) is 2.19. The fourth-order valence-corrected chi connectivity index (χ4v) is 3.19. The molecule has 1 aromatic rings. The first-order valence-electron chi connectivity index (χ1n) is 9.54. The van der Waals surface area contributed by atoms with E-state index in [1.54, 1.807) is 20.8 Å². The first kappa shape index (κ1) is 23.6. The molecular weight excluding hydrogens is 358 g/mol. The summed E-state index contributed by atoms with van der Waals surface area (Å²) >= 11 is 0. The van der Waals surface area contributed by atoms with Gasteiger partial charge >= 0.3 is 0 Å². The average molecular weight is 392 g/mol. The van der Waals surface area contributed by atoms with Crippen LogP contribution >= 0.6 is 0 Å². The van der Waals surface area contributed by atoms with Crippen LogP contribution in [0.3, 0.4) is 0 Å². The lowest BCUT2D eigenvalue weighted by molar-refractivity contribution is -0.193. The Balaban J connectivity index is 2.88. The van der Waals surface area contributed by atoms with Crippen molar-refractivity contribution in [2.45, 2.75) is 59.4 Å². The summed E-state index contributed by atoms with van der Waals surface area (Å²) in [6.07, 6.45) is 1.61. The van der Waals surface area contributed by atoms with Gasteiger partial charge in [0, 0.05) is 19.4 Å². The van der Waals surface area contributed by atoms with E-state index in [2.05, 4.69) is 5.32 Å². The molecule has 156 valence electrons. The van der Waals surface area contributed by atoms with Gasteiger partial charge in [-0.05, 0) is 37.2 Å². The van der Waals surface area contributed by atoms with E-state index in [9.17, 15) is 19.6 Å². The number of likely N-dealkylation sites (N-methyl/N-ethyl adjacent to an activating group) is 1. The minimum absolute atomic E-state index is 0.172. The molecule has 0 bridgehead atoms. The van der Waals surface area contributed by atoms with Crippen LogP contribution in [-0.2, 0) is 20.8 Å². The van der Waals surface area contributed by atoms with Crippen molar-refractivity contribution in [3.8, 4) is 0 Å². The number of carbonyl (C=O) groups excluding carboxylic acids is 3. The van der Waals surface area contributed by atoms with Gasteiger partial charge in [0.2, 0.25) is 17.7 Å². The van der Waals surface area contributed by atoms with Gasteiger partial charge in [0.05, 0.1) is 0 Å². The van der Waals surface area contributed by atoms with E-state index in [1.807, 2.05) is 31.2 Å². The first-order chi connectivity index (χ1) is 13.0. The van der Waals surface area contributed by atoms with Crippen molar-refractivity contribution in [1.82, 2.24) is 10.4 Å². The van der Waals surface area contributed by atoms with Gasteiger partial charge in [-0.15, -0.1) is 0 Å². The normalized spacial score (nSPS) is 13.5. The minimum atomic E-state index is -1.07. The average Bonchev–Trinajstić information content (AvgIpc) is 2.60. The SMILES string of the molecule is CNC(=O)[C@@H](N(O)C(=O)[C@H](CCCc1ccc(C)cc1)CC(N)=O)C(C)(C)C. The zero-order valence-electron chi connectivity index (χ0n) is 17.5. The molecule has 0 fully saturated rings. The molecule has 0 spiro atoms. The van der Waals surface area contributed by atoms with Crippen LogP contribution in [-0.4, -0.2) is 41.1 Å². The topological polar surface area (TPSA) is 113 Å². The van der Waals surface area contributed by atoms with Gasteiger partial charge in [-0.25, -0.2) is 5.06 Å². The molecular formula is C21H33N3O4. The van der Waals surface area contributed by atoms with Crippen molar-refractivity contribution in [3.63, 3.8) is 0 Å². The van der Waals surface area contributed by atoms with Crippen LogP contribution in [0.1, 0.15) is 51.2 Å². The molecule has 7 heteroatoms. The van der Waals surface area contributed by atoms with Crippen molar-refractivity contribution < 1.29 is 19.6 Å². The molecule has 0 aliphatic rings. The monoisotopic (exact) mass is 391 g/mol. The number of nitrogens with one attached hydrogen (secondary N) is 1. The number of carbonyl (C=O) groups is 3. The minimum Gasteiger partial charge on any atom is -0.370 e. The summed E-state index contributed by atoms with van der Waals surface area (Å²) < 4.78 is 0. The second-order valence-corrected chi connectivity index (χ2v) is 8.31. The third-order valence-electron chi connectivity index (χ3n) is 4.72. The number of primary amides is 1. The van der Waals surface area contributed by atoms with Crippen molar-refractivity contribution in [3.05, 3.63) is 35.4 Å². The highest BCUT2D eigenvalue weighted by Crippen LogP contribution is 2.26. The number of hydrogen-bond donors (Lipinski definition) is 3. The Hall–Kier alpha value is -2.41. The Morgan fingerprint density at radius 1 is 1.18 bits per heavy atom. The molecule has 0 aliphatic carbocycles. The molecule has 0 aromatic heterocycles. The van der Waals surface area contributed by atoms with E-state index in [0.717, 1.165) is 12.0 Å². The van der Waals surface area contributed by atoms with E-state index >= 15 is 0 Å². The number of nitrogens with two attached hydrogens (primary N) is 1. The maximum Gasteiger partial charge on any atom is 0.250 e. The number of aryl methyl sites for hydroxylation is 2. The van der Waals surface area contributed by atoms with Crippen molar-refractivity contribution >= 4 is 17.7 Å². The number of hydrogen-bond acceptors (Lipinski definition) is 4. The van der Waals surface area contributed by atoms with Gasteiger partial charge < -0.3 is 11.1 Å². The summed E-state index contributed by atoms with van der Waals surface area (Å²) in [6.45, 7) is 7.27. The molecule has 1 rings (SSSR count). The van der Waals surface area contributed by atoms with Crippen molar-refractivity contribution in [1.29, 1.82) is 0 Å². The standard InChI is InChI=1S/C21H33N3O4/c1-14-9-11-15(12-10-14)7-6-8-16(13-17(22)25)20(27)24(28)18(19(26)23-5)21(2,3)4/h9-12,16,18,28H,6-8,13H2,1-5H3,(H2,22,25)(H,23,26)/t16-,18-/m1/s1.